The SMILES string of the molecule is CN=C(NCC(=O)N1CCCCC1)N1CCN(C(=O)Cc2cccc(Cl)c2)CC1. The molecule has 1 aromatic rings. The van der Waals surface area contributed by atoms with E-state index >= 15 is 0 Å². The van der Waals surface area contributed by atoms with E-state index in [4.69, 9.17) is 11.6 Å². The van der Waals surface area contributed by atoms with Crippen LogP contribution in [0.25, 0.3) is 0 Å². The molecule has 0 spiro atoms. The summed E-state index contributed by atoms with van der Waals surface area (Å²) in [5.41, 5.74) is 0.929. The molecule has 0 bridgehead atoms. The molecule has 2 aliphatic rings. The lowest BCUT2D eigenvalue weighted by Crippen LogP contribution is -2.55. The molecule has 0 atom stereocenters. The number of nitrogens with zero attached hydrogens (tertiary/aromatic N) is 4. The second-order valence-corrected chi connectivity index (χ2v) is 7.95. The van der Waals surface area contributed by atoms with Gasteiger partial charge in [0.1, 0.15) is 0 Å². The minimum Gasteiger partial charge on any atom is -0.347 e. The van der Waals surface area contributed by atoms with Gasteiger partial charge in [0.05, 0.1) is 13.0 Å². The molecule has 2 saturated heterocycles. The van der Waals surface area contributed by atoms with Crippen LogP contribution >= 0.6 is 11.6 Å². The van der Waals surface area contributed by atoms with Crippen molar-refractivity contribution in [2.75, 3.05) is 52.9 Å². The number of hydrogen-bond donors (Lipinski definition) is 1. The van der Waals surface area contributed by atoms with Crippen LogP contribution in [0.15, 0.2) is 29.3 Å². The van der Waals surface area contributed by atoms with E-state index in [-0.39, 0.29) is 18.4 Å². The van der Waals surface area contributed by atoms with Crippen LogP contribution in [0.1, 0.15) is 24.8 Å². The molecule has 7 nitrogen and oxygen atoms in total. The van der Waals surface area contributed by atoms with Crippen LogP contribution in [-0.4, -0.2) is 85.3 Å². The predicted molar refractivity (Wildman–Crippen MR) is 115 cm³/mol. The quantitative estimate of drug-likeness (QED) is 0.594. The highest BCUT2D eigenvalue weighted by Crippen LogP contribution is 2.13. The van der Waals surface area contributed by atoms with Crippen molar-refractivity contribution in [3.05, 3.63) is 34.9 Å². The van der Waals surface area contributed by atoms with E-state index in [1.54, 1.807) is 7.05 Å². The average Bonchev–Trinajstić information content (AvgIpc) is 2.75. The normalized spacial score (nSPS) is 18.0. The number of hydrogen-bond acceptors (Lipinski definition) is 3. The number of halogens is 1. The van der Waals surface area contributed by atoms with Crippen LogP contribution in [0.3, 0.4) is 0 Å². The van der Waals surface area contributed by atoms with Crippen molar-refractivity contribution in [1.29, 1.82) is 0 Å². The molecule has 158 valence electrons. The van der Waals surface area contributed by atoms with Crippen molar-refractivity contribution >= 4 is 29.4 Å². The molecule has 0 radical (unpaired) electrons. The van der Waals surface area contributed by atoms with Gasteiger partial charge < -0.3 is 20.0 Å². The molecule has 0 unspecified atom stereocenters. The van der Waals surface area contributed by atoms with Gasteiger partial charge in [-0.25, -0.2) is 0 Å². The Kier molecular flexibility index (Phi) is 7.75. The van der Waals surface area contributed by atoms with Gasteiger partial charge in [-0.15, -0.1) is 0 Å². The standard InChI is InChI=1S/C21H30ClN5O2/c1-23-21(24-16-20(29)25-8-3-2-4-9-25)27-12-10-26(11-13-27)19(28)15-17-6-5-7-18(22)14-17/h5-7,14H,2-4,8-13,15-16H2,1H3,(H,23,24). The summed E-state index contributed by atoms with van der Waals surface area (Å²) in [6.45, 7) is 4.64. The number of guanidine groups is 1. The van der Waals surface area contributed by atoms with Gasteiger partial charge in [-0.1, -0.05) is 23.7 Å². The Balaban J connectivity index is 1.44. The molecule has 0 aliphatic carbocycles. The van der Waals surface area contributed by atoms with E-state index in [2.05, 4.69) is 15.2 Å². The third kappa shape index (κ3) is 6.10. The van der Waals surface area contributed by atoms with E-state index in [1.807, 2.05) is 34.1 Å². The van der Waals surface area contributed by atoms with E-state index < -0.39 is 0 Å². The van der Waals surface area contributed by atoms with Crippen molar-refractivity contribution in [2.45, 2.75) is 25.7 Å². The van der Waals surface area contributed by atoms with E-state index in [1.165, 1.54) is 6.42 Å². The van der Waals surface area contributed by atoms with Gasteiger partial charge in [0.2, 0.25) is 11.8 Å². The van der Waals surface area contributed by atoms with Gasteiger partial charge in [0, 0.05) is 51.3 Å². The molecular formula is C21H30ClN5O2. The molecule has 2 aliphatic heterocycles. The molecule has 3 rings (SSSR count). The molecule has 2 heterocycles. The van der Waals surface area contributed by atoms with Crippen molar-refractivity contribution in [3.8, 4) is 0 Å². The summed E-state index contributed by atoms with van der Waals surface area (Å²) in [6.07, 6.45) is 3.74. The van der Waals surface area contributed by atoms with Crippen LogP contribution in [0.2, 0.25) is 5.02 Å². The van der Waals surface area contributed by atoms with Crippen LogP contribution in [0.5, 0.6) is 0 Å². The van der Waals surface area contributed by atoms with E-state index in [0.29, 0.717) is 37.6 Å². The number of likely N-dealkylation sites (tertiary alicyclic amines) is 1. The topological polar surface area (TPSA) is 68.2 Å². The molecule has 8 heteroatoms. The van der Waals surface area contributed by atoms with E-state index in [9.17, 15) is 9.59 Å². The molecular weight excluding hydrogens is 390 g/mol. The number of carbonyl (C=O) groups excluding carboxylic acids is 2. The zero-order chi connectivity index (χ0) is 20.6. The highest BCUT2D eigenvalue weighted by atomic mass is 35.5. The summed E-state index contributed by atoms with van der Waals surface area (Å²) in [7, 11) is 1.73. The van der Waals surface area contributed by atoms with Gasteiger partial charge in [0.15, 0.2) is 5.96 Å². The maximum absolute atomic E-state index is 12.6. The Bertz CT molecular complexity index is 740. The minimum absolute atomic E-state index is 0.107. The first-order chi connectivity index (χ1) is 14.1. The summed E-state index contributed by atoms with van der Waals surface area (Å²) in [5.74, 6) is 0.952. The van der Waals surface area contributed by atoms with Crippen LogP contribution in [0.4, 0.5) is 0 Å². The fourth-order valence-corrected chi connectivity index (χ4v) is 4.06. The predicted octanol–water partition coefficient (Wildman–Crippen LogP) is 1.61. The second-order valence-electron chi connectivity index (χ2n) is 7.52. The number of rotatable bonds is 4. The third-order valence-corrected chi connectivity index (χ3v) is 5.73. The zero-order valence-electron chi connectivity index (χ0n) is 17.1. The molecule has 2 amide bonds. The lowest BCUT2D eigenvalue weighted by molar-refractivity contribution is -0.131. The van der Waals surface area contributed by atoms with E-state index in [0.717, 1.165) is 37.5 Å². The molecule has 0 aromatic heterocycles. The van der Waals surface area contributed by atoms with Crippen molar-refractivity contribution in [3.63, 3.8) is 0 Å². The Morgan fingerprint density at radius 3 is 2.28 bits per heavy atom. The lowest BCUT2D eigenvalue weighted by atomic mass is 10.1. The number of nitrogens with one attached hydrogen (secondary N) is 1. The third-order valence-electron chi connectivity index (χ3n) is 5.49. The smallest absolute Gasteiger partial charge is 0.241 e. The largest absolute Gasteiger partial charge is 0.347 e. The van der Waals surface area contributed by atoms with Crippen LogP contribution in [-0.2, 0) is 16.0 Å². The van der Waals surface area contributed by atoms with Crippen molar-refractivity contribution < 1.29 is 9.59 Å². The Labute approximate surface area is 177 Å². The zero-order valence-corrected chi connectivity index (χ0v) is 17.8. The van der Waals surface area contributed by atoms with Crippen molar-refractivity contribution in [2.24, 2.45) is 4.99 Å². The Hall–Kier alpha value is -2.28. The highest BCUT2D eigenvalue weighted by molar-refractivity contribution is 6.30. The van der Waals surface area contributed by atoms with Crippen LogP contribution < -0.4 is 5.32 Å². The van der Waals surface area contributed by atoms with Gasteiger partial charge >= 0.3 is 0 Å². The number of benzene rings is 1. The molecule has 1 aromatic carbocycles. The maximum atomic E-state index is 12.6. The number of carbonyl (C=O) groups is 2. The lowest BCUT2D eigenvalue weighted by Gasteiger charge is -2.36. The molecule has 29 heavy (non-hydrogen) atoms. The number of piperidine rings is 1. The average molecular weight is 420 g/mol. The van der Waals surface area contributed by atoms with Gasteiger partial charge in [0.25, 0.3) is 0 Å². The minimum atomic E-state index is 0.107. The molecule has 2 fully saturated rings. The second kappa shape index (κ2) is 10.5. The summed E-state index contributed by atoms with van der Waals surface area (Å²) >= 11 is 6.01. The summed E-state index contributed by atoms with van der Waals surface area (Å²) in [6, 6.07) is 7.43. The van der Waals surface area contributed by atoms with Gasteiger partial charge in [-0.05, 0) is 37.0 Å². The number of piperazine rings is 1. The first-order valence-corrected chi connectivity index (χ1v) is 10.7. The van der Waals surface area contributed by atoms with Crippen LogP contribution in [0, 0.1) is 0 Å². The summed E-state index contributed by atoms with van der Waals surface area (Å²) < 4.78 is 0. The fraction of sp³-hybridized carbons (Fsp3) is 0.571. The van der Waals surface area contributed by atoms with Gasteiger partial charge in [-0.2, -0.15) is 0 Å². The Morgan fingerprint density at radius 1 is 0.966 bits per heavy atom. The van der Waals surface area contributed by atoms with Crippen molar-refractivity contribution in [1.82, 2.24) is 20.0 Å². The maximum Gasteiger partial charge on any atom is 0.241 e. The number of amides is 2. The first kappa shape index (κ1) is 21.4. The Morgan fingerprint density at radius 2 is 1.62 bits per heavy atom. The number of aliphatic imine (C=N–C) groups is 1. The first-order valence-electron chi connectivity index (χ1n) is 10.3. The fourth-order valence-electron chi connectivity index (χ4n) is 3.84. The molecule has 0 saturated carbocycles. The molecule has 1 N–H and O–H groups in total. The highest BCUT2D eigenvalue weighted by Gasteiger charge is 2.24. The summed E-state index contributed by atoms with van der Waals surface area (Å²) in [4.78, 5) is 35.2. The van der Waals surface area contributed by atoms with Gasteiger partial charge in [-0.3, -0.25) is 14.6 Å². The monoisotopic (exact) mass is 419 g/mol. The summed E-state index contributed by atoms with van der Waals surface area (Å²) in [5, 5.41) is 3.84.